The molecule has 1 aromatic carbocycles. The van der Waals surface area contributed by atoms with Crippen molar-refractivity contribution in [1.29, 1.82) is 0 Å². The van der Waals surface area contributed by atoms with Gasteiger partial charge in [0, 0.05) is 12.1 Å². The van der Waals surface area contributed by atoms with Crippen molar-refractivity contribution in [3.8, 4) is 0 Å². The van der Waals surface area contributed by atoms with Gasteiger partial charge in [-0.25, -0.2) is 4.39 Å². The second-order valence-electron chi connectivity index (χ2n) is 7.23. The molecule has 0 spiro atoms. The zero-order valence-electron chi connectivity index (χ0n) is 12.6. The minimum atomic E-state index is -0.575. The van der Waals surface area contributed by atoms with Crippen molar-refractivity contribution < 1.29 is 9.31 Å². The molecule has 2 fully saturated rings. The summed E-state index contributed by atoms with van der Waals surface area (Å²) in [4.78, 5) is 10.1. The summed E-state index contributed by atoms with van der Waals surface area (Å²) in [6.45, 7) is 6.89. The molecule has 3 atom stereocenters. The molecule has 1 N–H and O–H groups in total. The van der Waals surface area contributed by atoms with Crippen LogP contribution in [0.25, 0.3) is 0 Å². The molecule has 0 aromatic heterocycles. The van der Waals surface area contributed by atoms with Gasteiger partial charge in [-0.1, -0.05) is 20.8 Å². The van der Waals surface area contributed by atoms with Crippen molar-refractivity contribution in [1.82, 2.24) is 0 Å². The summed E-state index contributed by atoms with van der Waals surface area (Å²) >= 11 is 0. The van der Waals surface area contributed by atoms with Gasteiger partial charge in [-0.15, -0.1) is 0 Å². The van der Waals surface area contributed by atoms with Gasteiger partial charge in [0.15, 0.2) is 5.82 Å². The second-order valence-corrected chi connectivity index (χ2v) is 7.23. The van der Waals surface area contributed by atoms with Crippen LogP contribution in [0.15, 0.2) is 18.2 Å². The molecule has 2 aliphatic rings. The number of fused-ring (bicyclic) bond motifs is 2. The van der Waals surface area contributed by atoms with Crippen molar-refractivity contribution in [2.24, 2.45) is 16.7 Å². The minimum absolute atomic E-state index is 0.145. The molecule has 0 aliphatic heterocycles. The van der Waals surface area contributed by atoms with Gasteiger partial charge in [0.25, 0.3) is 5.69 Å². The van der Waals surface area contributed by atoms with E-state index in [0.717, 1.165) is 18.9 Å². The molecule has 2 saturated carbocycles. The van der Waals surface area contributed by atoms with Gasteiger partial charge in [0.2, 0.25) is 0 Å². The van der Waals surface area contributed by atoms with Crippen LogP contribution in [0.4, 0.5) is 15.8 Å². The Morgan fingerprint density at radius 2 is 2.10 bits per heavy atom. The smallest absolute Gasteiger partial charge is 0.272 e. The summed E-state index contributed by atoms with van der Waals surface area (Å²) in [5.74, 6) is 0.120. The molecule has 1 aromatic rings. The summed E-state index contributed by atoms with van der Waals surface area (Å²) in [5.41, 5.74) is 0.557. The molecule has 0 saturated heterocycles. The lowest BCUT2D eigenvalue weighted by Gasteiger charge is -2.40. The fourth-order valence-corrected chi connectivity index (χ4v) is 4.34. The Balaban J connectivity index is 1.84. The Morgan fingerprint density at radius 1 is 1.38 bits per heavy atom. The van der Waals surface area contributed by atoms with Crippen LogP contribution in [0, 0.1) is 32.7 Å². The number of hydrogen-bond acceptors (Lipinski definition) is 3. The van der Waals surface area contributed by atoms with Crippen molar-refractivity contribution in [3.63, 3.8) is 0 Å². The van der Waals surface area contributed by atoms with E-state index >= 15 is 0 Å². The van der Waals surface area contributed by atoms with Crippen molar-refractivity contribution >= 4 is 11.4 Å². The lowest BCUT2D eigenvalue weighted by Crippen LogP contribution is -2.40. The average molecular weight is 292 g/mol. The first-order valence-electron chi connectivity index (χ1n) is 7.46. The number of benzene rings is 1. The van der Waals surface area contributed by atoms with Crippen LogP contribution in [0.3, 0.4) is 0 Å². The predicted octanol–water partition coefficient (Wildman–Crippen LogP) is 4.36. The number of rotatable bonds is 3. The highest BCUT2D eigenvalue weighted by Gasteiger charge is 2.61. The van der Waals surface area contributed by atoms with Crippen molar-refractivity contribution in [2.45, 2.75) is 46.1 Å². The second kappa shape index (κ2) is 4.42. The lowest BCUT2D eigenvalue weighted by atomic mass is 9.69. The first kappa shape index (κ1) is 14.3. The van der Waals surface area contributed by atoms with Crippen LogP contribution in [0.5, 0.6) is 0 Å². The Kier molecular flexibility index (Phi) is 3.01. The van der Waals surface area contributed by atoms with E-state index in [1.54, 1.807) is 0 Å². The summed E-state index contributed by atoms with van der Waals surface area (Å²) in [6, 6.07) is 4.05. The first-order valence-corrected chi connectivity index (χ1v) is 7.46. The van der Waals surface area contributed by atoms with E-state index in [4.69, 9.17) is 0 Å². The molecule has 3 rings (SSSR count). The molecule has 2 aliphatic carbocycles. The number of hydrogen-bond donors (Lipinski definition) is 1. The highest BCUT2D eigenvalue weighted by Crippen LogP contribution is 2.65. The average Bonchev–Trinajstić information content (AvgIpc) is 2.74. The van der Waals surface area contributed by atoms with Gasteiger partial charge in [0.1, 0.15) is 0 Å². The van der Waals surface area contributed by atoms with E-state index in [0.29, 0.717) is 11.6 Å². The van der Waals surface area contributed by atoms with Gasteiger partial charge in [-0.3, -0.25) is 10.1 Å². The number of nitro benzene ring substituents is 1. The van der Waals surface area contributed by atoms with Crippen LogP contribution in [-0.2, 0) is 0 Å². The highest BCUT2D eigenvalue weighted by atomic mass is 19.1. The highest BCUT2D eigenvalue weighted by molar-refractivity contribution is 5.51. The summed E-state index contributed by atoms with van der Waals surface area (Å²) < 4.78 is 14.1. The van der Waals surface area contributed by atoms with Crippen LogP contribution in [0.1, 0.15) is 40.0 Å². The third-order valence-corrected chi connectivity index (χ3v) is 6.29. The van der Waals surface area contributed by atoms with Gasteiger partial charge in [-0.05, 0) is 42.1 Å². The number of nitro groups is 1. The summed E-state index contributed by atoms with van der Waals surface area (Å²) in [6.07, 6.45) is 3.43. The number of nitrogens with one attached hydrogen (secondary N) is 1. The maximum Gasteiger partial charge on any atom is 0.272 e. The zero-order chi connectivity index (χ0) is 15.4. The molecule has 5 heteroatoms. The molecule has 3 unspecified atom stereocenters. The maximum atomic E-state index is 14.1. The first-order chi connectivity index (χ1) is 9.75. The molecule has 114 valence electrons. The molecule has 2 bridgehead atoms. The normalized spacial score (nSPS) is 33.1. The van der Waals surface area contributed by atoms with E-state index in [9.17, 15) is 14.5 Å². The number of nitrogens with zero attached hydrogens (tertiary/aromatic N) is 1. The molecule has 4 nitrogen and oxygen atoms in total. The Labute approximate surface area is 123 Å². The van der Waals surface area contributed by atoms with Crippen molar-refractivity contribution in [3.05, 3.63) is 34.1 Å². The van der Waals surface area contributed by atoms with Gasteiger partial charge >= 0.3 is 0 Å². The Bertz CT molecular complexity index is 602. The SMILES string of the molecule is CC1(C)C2CCC1(C)C(Nc1ccc([N+](=O)[O-])cc1F)C2. The molecule has 0 heterocycles. The van der Waals surface area contributed by atoms with Crippen molar-refractivity contribution in [2.75, 3.05) is 5.32 Å². The molecule has 0 amide bonds. The third-order valence-electron chi connectivity index (χ3n) is 6.29. The third kappa shape index (κ3) is 1.93. The molecule has 21 heavy (non-hydrogen) atoms. The van der Waals surface area contributed by atoms with Crippen LogP contribution >= 0.6 is 0 Å². The fraction of sp³-hybridized carbons (Fsp3) is 0.625. The quantitative estimate of drug-likeness (QED) is 0.665. The standard InChI is InChI=1S/C16H21FN2O2/c1-15(2)10-6-7-16(15,3)14(8-10)18-13-5-4-11(19(20)21)9-12(13)17/h4-5,9-10,14,18H,6-8H2,1-3H3. The van der Waals surface area contributed by atoms with Gasteiger partial charge in [-0.2, -0.15) is 0 Å². The summed E-state index contributed by atoms with van der Waals surface area (Å²) in [7, 11) is 0. The largest absolute Gasteiger partial charge is 0.379 e. The molecular weight excluding hydrogens is 271 g/mol. The Morgan fingerprint density at radius 3 is 2.57 bits per heavy atom. The van der Waals surface area contributed by atoms with E-state index in [2.05, 4.69) is 26.1 Å². The fourth-order valence-electron chi connectivity index (χ4n) is 4.34. The van der Waals surface area contributed by atoms with E-state index < -0.39 is 10.7 Å². The van der Waals surface area contributed by atoms with Gasteiger partial charge < -0.3 is 5.32 Å². The van der Waals surface area contributed by atoms with Gasteiger partial charge in [0.05, 0.1) is 16.7 Å². The number of halogens is 1. The summed E-state index contributed by atoms with van der Waals surface area (Å²) in [5, 5.41) is 14.0. The maximum absolute atomic E-state index is 14.1. The van der Waals surface area contributed by atoms with Crippen LogP contribution in [-0.4, -0.2) is 11.0 Å². The predicted molar refractivity (Wildman–Crippen MR) is 79.7 cm³/mol. The van der Waals surface area contributed by atoms with E-state index in [1.165, 1.54) is 18.6 Å². The molecular formula is C16H21FN2O2. The zero-order valence-corrected chi connectivity index (χ0v) is 12.6. The monoisotopic (exact) mass is 292 g/mol. The van der Waals surface area contributed by atoms with Crippen LogP contribution < -0.4 is 5.32 Å². The number of anilines is 1. The van der Waals surface area contributed by atoms with E-state index in [1.807, 2.05) is 0 Å². The lowest BCUT2D eigenvalue weighted by molar-refractivity contribution is -0.385. The Hall–Kier alpha value is -1.65. The molecule has 0 radical (unpaired) electrons. The van der Waals surface area contributed by atoms with Crippen LogP contribution in [0.2, 0.25) is 0 Å². The minimum Gasteiger partial charge on any atom is -0.379 e. The topological polar surface area (TPSA) is 55.2 Å². The van der Waals surface area contributed by atoms with E-state index in [-0.39, 0.29) is 22.6 Å². The number of non-ortho nitro benzene ring substituents is 1.